The van der Waals surface area contributed by atoms with Gasteiger partial charge in [-0.05, 0) is 96.5 Å². The number of amides is 1. The number of hydrogen-bond acceptors (Lipinski definition) is 4. The minimum Gasteiger partial charge on any atom is -0.332 e. The number of nitrogens with zero attached hydrogens (tertiary/aromatic N) is 1. The molecule has 0 radical (unpaired) electrons. The maximum atomic E-state index is 12.5. The van der Waals surface area contributed by atoms with Crippen LogP contribution in [0.25, 0.3) is 0 Å². The third kappa shape index (κ3) is 4.88. The van der Waals surface area contributed by atoms with Crippen molar-refractivity contribution in [3.63, 3.8) is 0 Å². The van der Waals surface area contributed by atoms with E-state index in [4.69, 9.17) is 12.2 Å². The molecule has 0 aliphatic carbocycles. The lowest BCUT2D eigenvalue weighted by Crippen LogP contribution is -2.34. The molecule has 28 heavy (non-hydrogen) atoms. The van der Waals surface area contributed by atoms with Crippen molar-refractivity contribution < 1.29 is 13.2 Å². The van der Waals surface area contributed by atoms with E-state index in [2.05, 4.69) is 33.2 Å². The Labute approximate surface area is 183 Å². The topological polar surface area (TPSA) is 78.5 Å². The first-order valence-electron chi connectivity index (χ1n) is 8.76. The molecule has 6 nitrogen and oxygen atoms in total. The first-order chi connectivity index (χ1) is 13.3. The summed E-state index contributed by atoms with van der Waals surface area (Å²) in [6, 6.07) is 11.8. The lowest BCUT2D eigenvalue weighted by Gasteiger charge is -2.16. The molecule has 1 fully saturated rings. The molecule has 148 valence electrons. The Hall–Kier alpha value is -1.56. The lowest BCUT2D eigenvalue weighted by molar-refractivity contribution is 0.0977. The molecule has 2 aromatic carbocycles. The maximum Gasteiger partial charge on any atom is 0.257 e. The largest absolute Gasteiger partial charge is 0.332 e. The van der Waals surface area contributed by atoms with E-state index in [0.29, 0.717) is 24.3 Å². The molecular weight excluding hydrogens is 509 g/mol. The zero-order chi connectivity index (χ0) is 20.3. The van der Waals surface area contributed by atoms with E-state index < -0.39 is 10.0 Å². The number of carbonyl (C=O) groups is 1. The van der Waals surface area contributed by atoms with Crippen molar-refractivity contribution in [2.24, 2.45) is 0 Å². The van der Waals surface area contributed by atoms with Crippen molar-refractivity contribution in [1.82, 2.24) is 9.62 Å². The summed E-state index contributed by atoms with van der Waals surface area (Å²) in [6.07, 6.45) is 1.79. The summed E-state index contributed by atoms with van der Waals surface area (Å²) in [6.45, 7) is 3.11. The SMILES string of the molecule is Cc1ccc(C(=O)NC(=S)Nc2ccc(S(=O)(=O)N3CCCC3)cc2)cc1I. The molecule has 0 bridgehead atoms. The van der Waals surface area contributed by atoms with Crippen LogP contribution in [-0.2, 0) is 10.0 Å². The minimum absolute atomic E-state index is 0.149. The van der Waals surface area contributed by atoms with E-state index in [-0.39, 0.29) is 15.9 Å². The van der Waals surface area contributed by atoms with Gasteiger partial charge in [0.05, 0.1) is 4.90 Å². The molecule has 3 rings (SSSR count). The van der Waals surface area contributed by atoms with Gasteiger partial charge in [-0.15, -0.1) is 0 Å². The van der Waals surface area contributed by atoms with Gasteiger partial charge < -0.3 is 5.32 Å². The fraction of sp³-hybridized carbons (Fsp3) is 0.263. The van der Waals surface area contributed by atoms with Crippen molar-refractivity contribution in [3.05, 3.63) is 57.2 Å². The summed E-state index contributed by atoms with van der Waals surface area (Å²) in [7, 11) is -3.44. The van der Waals surface area contributed by atoms with Crippen molar-refractivity contribution in [1.29, 1.82) is 0 Å². The monoisotopic (exact) mass is 529 g/mol. The summed E-state index contributed by atoms with van der Waals surface area (Å²) < 4.78 is 27.6. The van der Waals surface area contributed by atoms with Crippen molar-refractivity contribution in [2.45, 2.75) is 24.7 Å². The Morgan fingerprint density at radius 3 is 2.36 bits per heavy atom. The van der Waals surface area contributed by atoms with Gasteiger partial charge in [-0.1, -0.05) is 6.07 Å². The van der Waals surface area contributed by atoms with Gasteiger partial charge in [-0.2, -0.15) is 4.31 Å². The molecule has 1 aliphatic heterocycles. The van der Waals surface area contributed by atoms with Gasteiger partial charge in [-0.3, -0.25) is 10.1 Å². The number of rotatable bonds is 4. The standard InChI is InChI=1S/C19H20IN3O3S2/c1-13-4-5-14(12-17(13)20)18(24)22-19(27)21-15-6-8-16(9-7-15)28(25,26)23-10-2-3-11-23/h4-9,12H,2-3,10-11H2,1H3,(H2,21,22,24,27). The molecule has 0 atom stereocenters. The highest BCUT2D eigenvalue weighted by Crippen LogP contribution is 2.22. The van der Waals surface area contributed by atoms with Crippen LogP contribution in [0.2, 0.25) is 0 Å². The fourth-order valence-electron chi connectivity index (χ4n) is 2.86. The molecule has 1 aliphatic rings. The third-order valence-corrected chi connectivity index (χ3v) is 7.76. The van der Waals surface area contributed by atoms with Crippen molar-refractivity contribution >= 4 is 61.5 Å². The molecular formula is C19H20IN3O3S2. The summed E-state index contributed by atoms with van der Waals surface area (Å²) in [5, 5.41) is 5.69. The summed E-state index contributed by atoms with van der Waals surface area (Å²) in [5.74, 6) is -0.302. The van der Waals surface area contributed by atoms with Crippen molar-refractivity contribution in [2.75, 3.05) is 18.4 Å². The van der Waals surface area contributed by atoms with Crippen LogP contribution in [0, 0.1) is 10.5 Å². The molecule has 1 amide bonds. The van der Waals surface area contributed by atoms with Gasteiger partial charge in [0.1, 0.15) is 0 Å². The van der Waals surface area contributed by atoms with Gasteiger partial charge >= 0.3 is 0 Å². The average Bonchev–Trinajstić information content (AvgIpc) is 3.20. The van der Waals surface area contributed by atoms with E-state index >= 15 is 0 Å². The maximum absolute atomic E-state index is 12.5. The predicted molar refractivity (Wildman–Crippen MR) is 122 cm³/mol. The second-order valence-corrected chi connectivity index (χ2v) is 10.0. The van der Waals surface area contributed by atoms with Crippen LogP contribution in [0.5, 0.6) is 0 Å². The van der Waals surface area contributed by atoms with E-state index in [1.165, 1.54) is 4.31 Å². The highest BCUT2D eigenvalue weighted by Gasteiger charge is 2.26. The van der Waals surface area contributed by atoms with Crippen LogP contribution in [0.15, 0.2) is 47.4 Å². The average molecular weight is 529 g/mol. The third-order valence-electron chi connectivity index (χ3n) is 4.48. The summed E-state index contributed by atoms with van der Waals surface area (Å²) in [4.78, 5) is 12.6. The van der Waals surface area contributed by atoms with Crippen LogP contribution in [0.1, 0.15) is 28.8 Å². The number of nitrogens with one attached hydrogen (secondary N) is 2. The van der Waals surface area contributed by atoms with Crippen LogP contribution < -0.4 is 10.6 Å². The van der Waals surface area contributed by atoms with E-state index in [1.807, 2.05) is 13.0 Å². The lowest BCUT2D eigenvalue weighted by atomic mass is 10.1. The van der Waals surface area contributed by atoms with Crippen molar-refractivity contribution in [3.8, 4) is 0 Å². The van der Waals surface area contributed by atoms with Crippen LogP contribution in [0.3, 0.4) is 0 Å². The molecule has 0 aromatic heterocycles. The Bertz CT molecular complexity index is 1000. The zero-order valence-corrected chi connectivity index (χ0v) is 19.0. The molecule has 2 aromatic rings. The second-order valence-electron chi connectivity index (χ2n) is 6.51. The number of thiocarbonyl (C=S) groups is 1. The Morgan fingerprint density at radius 1 is 1.11 bits per heavy atom. The number of anilines is 1. The number of aryl methyl sites for hydroxylation is 1. The van der Waals surface area contributed by atoms with Gasteiger partial charge in [0.25, 0.3) is 5.91 Å². The summed E-state index contributed by atoms with van der Waals surface area (Å²) >= 11 is 7.37. The van der Waals surface area contributed by atoms with E-state index in [9.17, 15) is 13.2 Å². The highest BCUT2D eigenvalue weighted by molar-refractivity contribution is 14.1. The fourth-order valence-corrected chi connectivity index (χ4v) is 5.10. The Kier molecular flexibility index (Phi) is 6.69. The summed E-state index contributed by atoms with van der Waals surface area (Å²) in [5.41, 5.74) is 2.22. The van der Waals surface area contributed by atoms with Gasteiger partial charge in [0.2, 0.25) is 10.0 Å². The van der Waals surface area contributed by atoms with Crippen LogP contribution in [-0.4, -0.2) is 36.8 Å². The van der Waals surface area contributed by atoms with Gasteiger partial charge in [0.15, 0.2) is 5.11 Å². The Balaban J connectivity index is 1.62. The molecule has 0 spiro atoms. The Morgan fingerprint density at radius 2 is 1.75 bits per heavy atom. The quantitative estimate of drug-likeness (QED) is 0.469. The van der Waals surface area contributed by atoms with Gasteiger partial charge in [-0.25, -0.2) is 8.42 Å². The normalized spacial score (nSPS) is 14.6. The van der Waals surface area contributed by atoms with Gasteiger partial charge in [0, 0.05) is 27.9 Å². The molecule has 0 unspecified atom stereocenters. The van der Waals surface area contributed by atoms with E-state index in [0.717, 1.165) is 22.0 Å². The first-order valence-corrected chi connectivity index (χ1v) is 11.7. The smallest absolute Gasteiger partial charge is 0.257 e. The molecule has 2 N–H and O–H groups in total. The molecule has 1 saturated heterocycles. The number of hydrogen-bond donors (Lipinski definition) is 2. The number of benzene rings is 2. The van der Waals surface area contributed by atoms with Crippen LogP contribution in [0.4, 0.5) is 5.69 Å². The molecule has 9 heteroatoms. The minimum atomic E-state index is -3.44. The number of carbonyl (C=O) groups excluding carboxylic acids is 1. The van der Waals surface area contributed by atoms with Crippen LogP contribution >= 0.6 is 34.8 Å². The highest BCUT2D eigenvalue weighted by atomic mass is 127. The number of halogens is 1. The van der Waals surface area contributed by atoms with E-state index in [1.54, 1.807) is 36.4 Å². The number of sulfonamides is 1. The second kappa shape index (κ2) is 8.85. The molecule has 1 heterocycles. The first kappa shape index (κ1) is 21.2. The molecule has 0 saturated carbocycles. The zero-order valence-electron chi connectivity index (χ0n) is 15.2. The predicted octanol–water partition coefficient (Wildman–Crippen LogP) is 3.51.